The molecule has 0 saturated heterocycles. The normalized spacial score (nSPS) is 8.94. The van der Waals surface area contributed by atoms with Crippen molar-refractivity contribution in [3.63, 3.8) is 0 Å². The van der Waals surface area contributed by atoms with Crippen LogP contribution in [0.3, 0.4) is 0 Å². The average Bonchev–Trinajstić information content (AvgIpc) is 2.38. The second kappa shape index (κ2) is 9.59. The van der Waals surface area contributed by atoms with Gasteiger partial charge in [-0.3, -0.25) is 0 Å². The molecule has 0 aliphatic heterocycles. The number of hydrogen-bond donors (Lipinski definition) is 0. The lowest BCUT2D eigenvalue weighted by Crippen LogP contribution is -2.09. The highest BCUT2D eigenvalue weighted by Gasteiger charge is 2.06. The zero-order valence-electron chi connectivity index (χ0n) is 10.2. The molecule has 0 aromatic heterocycles. The third-order valence-electron chi connectivity index (χ3n) is 1.60. The van der Waals surface area contributed by atoms with E-state index >= 15 is 0 Å². The lowest BCUT2D eigenvalue weighted by Gasteiger charge is -2.05. The fourth-order valence-electron chi connectivity index (χ4n) is 0.901. The molecule has 1 aromatic rings. The predicted octanol–water partition coefficient (Wildman–Crippen LogP) is 3.11. The van der Waals surface area contributed by atoms with E-state index in [1.807, 2.05) is 13.8 Å². The Morgan fingerprint density at radius 1 is 1.24 bits per heavy atom. The highest BCUT2D eigenvalue weighted by Crippen LogP contribution is 2.07. The molecule has 0 amide bonds. The summed E-state index contributed by atoms with van der Waals surface area (Å²) in [6.07, 6.45) is -0.889. The van der Waals surface area contributed by atoms with Crippen molar-refractivity contribution in [1.29, 1.82) is 0 Å². The van der Waals surface area contributed by atoms with Crippen LogP contribution in [0.15, 0.2) is 24.3 Å². The van der Waals surface area contributed by atoms with Crippen molar-refractivity contribution < 1.29 is 23.4 Å². The lowest BCUT2D eigenvalue weighted by molar-refractivity contribution is -0.0288. The van der Waals surface area contributed by atoms with Crippen LogP contribution in [-0.4, -0.2) is 20.1 Å². The molecule has 1 rings (SSSR count). The molecule has 0 fully saturated rings. The molecule has 1 aromatic carbocycles. The number of halogens is 1. The summed E-state index contributed by atoms with van der Waals surface area (Å²) in [5, 5.41) is 0. The van der Waals surface area contributed by atoms with Crippen molar-refractivity contribution in [3.8, 4) is 0 Å². The Labute approximate surface area is 100 Å². The molecule has 0 atom stereocenters. The summed E-state index contributed by atoms with van der Waals surface area (Å²) in [7, 11) is 1.38. The second-order valence-electron chi connectivity index (χ2n) is 2.68. The molecular weight excluding hydrogens is 227 g/mol. The summed E-state index contributed by atoms with van der Waals surface area (Å²) in [5.74, 6) is -0.419. The van der Waals surface area contributed by atoms with Gasteiger partial charge < -0.3 is 14.2 Å². The van der Waals surface area contributed by atoms with Gasteiger partial charge in [0.1, 0.15) is 12.4 Å². The van der Waals surface area contributed by atoms with Gasteiger partial charge in [-0.25, -0.2) is 9.18 Å². The van der Waals surface area contributed by atoms with Crippen molar-refractivity contribution in [3.05, 3.63) is 35.6 Å². The molecular formula is C12H17FO4. The monoisotopic (exact) mass is 244 g/mol. The van der Waals surface area contributed by atoms with Gasteiger partial charge in [0.25, 0.3) is 0 Å². The van der Waals surface area contributed by atoms with Gasteiger partial charge in [-0.2, -0.15) is 0 Å². The first kappa shape index (κ1) is 15.4. The number of methoxy groups -OCH3 is 1. The third-order valence-corrected chi connectivity index (χ3v) is 1.60. The molecule has 0 aliphatic carbocycles. The van der Waals surface area contributed by atoms with Crippen LogP contribution in [0, 0.1) is 5.82 Å². The Morgan fingerprint density at radius 2 is 1.88 bits per heavy atom. The molecule has 5 heteroatoms. The fourth-order valence-corrected chi connectivity index (χ4v) is 0.901. The quantitative estimate of drug-likeness (QED) is 0.603. The third kappa shape index (κ3) is 6.52. The number of hydrogen-bond acceptors (Lipinski definition) is 4. The molecule has 0 spiro atoms. The van der Waals surface area contributed by atoms with E-state index in [4.69, 9.17) is 0 Å². The largest absolute Gasteiger partial charge is 0.510 e. The second-order valence-corrected chi connectivity index (χ2v) is 2.68. The van der Waals surface area contributed by atoms with E-state index in [-0.39, 0.29) is 13.4 Å². The van der Waals surface area contributed by atoms with Gasteiger partial charge in [0.2, 0.25) is 0 Å². The Kier molecular flexibility index (Phi) is 8.68. The Hall–Kier alpha value is -1.62. The van der Waals surface area contributed by atoms with Crippen LogP contribution in [0.2, 0.25) is 0 Å². The van der Waals surface area contributed by atoms with Gasteiger partial charge in [-0.15, -0.1) is 0 Å². The van der Waals surface area contributed by atoms with Gasteiger partial charge in [0.05, 0.1) is 0 Å². The molecule has 0 aliphatic rings. The molecule has 0 radical (unpaired) electrons. The van der Waals surface area contributed by atoms with Crippen LogP contribution in [0.25, 0.3) is 0 Å². The van der Waals surface area contributed by atoms with Gasteiger partial charge >= 0.3 is 6.16 Å². The summed E-state index contributed by atoms with van der Waals surface area (Å²) in [5.41, 5.74) is 0.298. The van der Waals surface area contributed by atoms with E-state index in [9.17, 15) is 9.18 Å². The molecule has 0 saturated carbocycles. The van der Waals surface area contributed by atoms with Crippen LogP contribution in [0.5, 0.6) is 0 Å². The SMILES string of the molecule is CC.COCOC(=O)OCc1ccccc1F. The maximum absolute atomic E-state index is 13.0. The average molecular weight is 244 g/mol. The number of ether oxygens (including phenoxy) is 3. The van der Waals surface area contributed by atoms with Gasteiger partial charge in [0.15, 0.2) is 6.79 Å². The molecule has 0 heterocycles. The van der Waals surface area contributed by atoms with Crippen molar-refractivity contribution in [2.24, 2.45) is 0 Å². The van der Waals surface area contributed by atoms with E-state index in [2.05, 4.69) is 14.2 Å². The van der Waals surface area contributed by atoms with Gasteiger partial charge in [-0.1, -0.05) is 32.0 Å². The van der Waals surface area contributed by atoms with Crippen LogP contribution in [0.1, 0.15) is 19.4 Å². The lowest BCUT2D eigenvalue weighted by atomic mass is 10.2. The first-order valence-corrected chi connectivity index (χ1v) is 5.26. The summed E-state index contributed by atoms with van der Waals surface area (Å²) in [6.45, 7) is 3.66. The van der Waals surface area contributed by atoms with Gasteiger partial charge in [0, 0.05) is 12.7 Å². The summed E-state index contributed by atoms with van der Waals surface area (Å²) >= 11 is 0. The Balaban J connectivity index is 0.00000121. The zero-order chi connectivity index (χ0) is 13.1. The zero-order valence-corrected chi connectivity index (χ0v) is 10.2. The molecule has 0 bridgehead atoms. The Morgan fingerprint density at radius 3 is 2.47 bits per heavy atom. The van der Waals surface area contributed by atoms with Crippen molar-refractivity contribution in [2.75, 3.05) is 13.9 Å². The van der Waals surface area contributed by atoms with Crippen LogP contribution in [0.4, 0.5) is 9.18 Å². The number of benzene rings is 1. The number of carbonyl (C=O) groups excluding carboxylic acids is 1. The van der Waals surface area contributed by atoms with E-state index in [1.54, 1.807) is 12.1 Å². The first-order valence-electron chi connectivity index (χ1n) is 5.26. The smallest absolute Gasteiger partial charge is 0.429 e. The highest BCUT2D eigenvalue weighted by atomic mass is 19.1. The summed E-state index contributed by atoms with van der Waals surface area (Å²) in [4.78, 5) is 10.8. The maximum Gasteiger partial charge on any atom is 0.510 e. The standard InChI is InChI=1S/C10H11FO4.C2H6/c1-13-7-15-10(12)14-6-8-4-2-3-5-9(8)11;1-2/h2-5H,6-7H2,1H3;1-2H3. The molecule has 0 N–H and O–H groups in total. The minimum atomic E-state index is -0.889. The van der Waals surface area contributed by atoms with Crippen molar-refractivity contribution in [1.82, 2.24) is 0 Å². The highest BCUT2D eigenvalue weighted by molar-refractivity contribution is 5.59. The van der Waals surface area contributed by atoms with Crippen LogP contribution in [-0.2, 0) is 20.8 Å². The molecule has 96 valence electrons. The van der Waals surface area contributed by atoms with E-state index < -0.39 is 12.0 Å². The molecule has 0 unspecified atom stereocenters. The molecule has 17 heavy (non-hydrogen) atoms. The minimum absolute atomic E-state index is 0.158. The maximum atomic E-state index is 13.0. The predicted molar refractivity (Wildman–Crippen MR) is 60.9 cm³/mol. The van der Waals surface area contributed by atoms with E-state index in [0.717, 1.165) is 0 Å². The topological polar surface area (TPSA) is 44.8 Å². The number of carbonyl (C=O) groups is 1. The van der Waals surface area contributed by atoms with Gasteiger partial charge in [-0.05, 0) is 6.07 Å². The van der Waals surface area contributed by atoms with E-state index in [0.29, 0.717) is 5.56 Å². The minimum Gasteiger partial charge on any atom is -0.429 e. The first-order chi connectivity index (χ1) is 8.24. The fraction of sp³-hybridized carbons (Fsp3) is 0.417. The van der Waals surface area contributed by atoms with E-state index in [1.165, 1.54) is 19.2 Å². The summed E-state index contributed by atoms with van der Waals surface area (Å²) in [6, 6.07) is 6.03. The number of rotatable bonds is 4. The van der Waals surface area contributed by atoms with Crippen LogP contribution >= 0.6 is 0 Å². The molecule has 4 nitrogen and oxygen atoms in total. The van der Waals surface area contributed by atoms with Crippen molar-refractivity contribution >= 4 is 6.16 Å². The Bertz CT molecular complexity index is 328. The van der Waals surface area contributed by atoms with Crippen LogP contribution < -0.4 is 0 Å². The summed E-state index contributed by atoms with van der Waals surface area (Å²) < 4.78 is 26.6. The van der Waals surface area contributed by atoms with Crippen molar-refractivity contribution in [2.45, 2.75) is 20.5 Å².